The van der Waals surface area contributed by atoms with E-state index >= 15 is 0 Å². The Hall–Kier alpha value is -3.70. The molecule has 1 aromatic heterocycles. The van der Waals surface area contributed by atoms with Gasteiger partial charge in [0.05, 0.1) is 24.7 Å². The Morgan fingerprint density at radius 2 is 2.00 bits per heavy atom. The number of nitro benzene ring substituents is 1. The second kappa shape index (κ2) is 9.27. The van der Waals surface area contributed by atoms with Crippen LogP contribution in [-0.4, -0.2) is 48.9 Å². The van der Waals surface area contributed by atoms with E-state index in [4.69, 9.17) is 9.47 Å². The van der Waals surface area contributed by atoms with Crippen molar-refractivity contribution < 1.29 is 27.6 Å². The highest BCUT2D eigenvalue weighted by molar-refractivity contribution is 7.89. The summed E-state index contributed by atoms with van der Waals surface area (Å²) in [5, 5.41) is 12.4. The highest BCUT2D eigenvalue weighted by atomic mass is 32.2. The maximum absolute atomic E-state index is 13.7. The SMILES string of the molecule is CCOC(=O)C1=CCC(c2cc3ccc(OC)cc3[nH]2)N(S(=O)(=O)c2ccccc2[N+](=O)[O-])C1. The number of carbonyl (C=O) groups is 1. The molecule has 2 heterocycles. The normalized spacial score (nSPS) is 16.8. The van der Waals surface area contributed by atoms with Gasteiger partial charge in [-0.3, -0.25) is 10.1 Å². The number of hydrogen-bond acceptors (Lipinski definition) is 7. The molecule has 0 bridgehead atoms. The van der Waals surface area contributed by atoms with Crippen LogP contribution in [0.5, 0.6) is 5.75 Å². The Bertz CT molecular complexity index is 1390. The first-order valence-electron chi connectivity index (χ1n) is 10.5. The van der Waals surface area contributed by atoms with Gasteiger partial charge in [0, 0.05) is 35.5 Å². The quantitative estimate of drug-likeness (QED) is 0.306. The maximum atomic E-state index is 13.7. The molecule has 0 saturated carbocycles. The van der Waals surface area contributed by atoms with E-state index in [0.717, 1.165) is 21.3 Å². The van der Waals surface area contributed by atoms with E-state index in [0.29, 0.717) is 11.4 Å². The molecule has 0 radical (unpaired) electrons. The fourth-order valence-electron chi connectivity index (χ4n) is 4.01. The number of aromatic amines is 1. The molecule has 1 N–H and O–H groups in total. The molecule has 1 unspecified atom stereocenters. The molecule has 3 aromatic rings. The molecular formula is C23H23N3O7S. The number of hydrogen-bond donors (Lipinski definition) is 1. The minimum atomic E-state index is -4.37. The van der Waals surface area contributed by atoms with Gasteiger partial charge in [-0.1, -0.05) is 18.2 Å². The van der Waals surface area contributed by atoms with Crippen molar-refractivity contribution in [1.82, 2.24) is 9.29 Å². The van der Waals surface area contributed by atoms with Gasteiger partial charge in [0.1, 0.15) is 5.75 Å². The maximum Gasteiger partial charge on any atom is 0.335 e. The van der Waals surface area contributed by atoms with Gasteiger partial charge < -0.3 is 14.5 Å². The van der Waals surface area contributed by atoms with Crippen molar-refractivity contribution in [3.8, 4) is 5.75 Å². The molecule has 0 fully saturated rings. The average molecular weight is 486 g/mol. The van der Waals surface area contributed by atoms with E-state index in [2.05, 4.69) is 4.98 Å². The number of esters is 1. The monoisotopic (exact) mass is 485 g/mol. The third-order valence-corrected chi connectivity index (χ3v) is 7.56. The molecule has 4 rings (SSSR count). The molecule has 0 aliphatic carbocycles. The van der Waals surface area contributed by atoms with Crippen molar-refractivity contribution in [2.24, 2.45) is 0 Å². The van der Waals surface area contributed by atoms with Crippen LogP contribution in [-0.2, 0) is 19.6 Å². The van der Waals surface area contributed by atoms with E-state index < -0.39 is 37.5 Å². The van der Waals surface area contributed by atoms with Crippen molar-refractivity contribution in [3.63, 3.8) is 0 Å². The van der Waals surface area contributed by atoms with Gasteiger partial charge in [0.2, 0.25) is 0 Å². The highest BCUT2D eigenvalue weighted by Gasteiger charge is 2.40. The number of para-hydroxylation sites is 1. The lowest BCUT2D eigenvalue weighted by Crippen LogP contribution is -2.40. The van der Waals surface area contributed by atoms with Crippen LogP contribution in [0.1, 0.15) is 25.1 Å². The number of carbonyl (C=O) groups excluding carboxylic acids is 1. The van der Waals surface area contributed by atoms with Crippen molar-refractivity contribution in [1.29, 1.82) is 0 Å². The molecule has 1 aliphatic rings. The number of fused-ring (bicyclic) bond motifs is 1. The van der Waals surface area contributed by atoms with E-state index in [1.807, 2.05) is 12.1 Å². The number of rotatable bonds is 7. The first kappa shape index (κ1) is 23.5. The zero-order chi connectivity index (χ0) is 24.5. The van der Waals surface area contributed by atoms with Crippen LogP contribution in [0.2, 0.25) is 0 Å². The zero-order valence-electron chi connectivity index (χ0n) is 18.6. The standard InChI is InChI=1S/C23H23N3O7S/c1-3-33-23(27)16-9-11-20(19-12-15-8-10-17(32-2)13-18(15)24-19)25(14-16)34(30,31)22-7-5-4-6-21(22)26(28)29/h4-10,12-13,20,24H,3,11,14H2,1-2H3. The summed E-state index contributed by atoms with van der Waals surface area (Å²) >= 11 is 0. The minimum Gasteiger partial charge on any atom is -0.497 e. The number of ether oxygens (including phenoxy) is 2. The molecule has 0 spiro atoms. The number of sulfonamides is 1. The first-order chi connectivity index (χ1) is 16.3. The van der Waals surface area contributed by atoms with E-state index in [1.165, 1.54) is 18.2 Å². The van der Waals surface area contributed by atoms with Crippen LogP contribution < -0.4 is 4.74 Å². The molecular weight excluding hydrogens is 462 g/mol. The van der Waals surface area contributed by atoms with Crippen LogP contribution in [0, 0.1) is 10.1 Å². The van der Waals surface area contributed by atoms with Crippen molar-refractivity contribution >= 4 is 32.6 Å². The van der Waals surface area contributed by atoms with Crippen molar-refractivity contribution in [3.05, 3.63) is 76.0 Å². The Labute approximate surface area is 196 Å². The summed E-state index contributed by atoms with van der Waals surface area (Å²) in [7, 11) is -2.82. The Kier molecular flexibility index (Phi) is 6.40. The first-order valence-corrected chi connectivity index (χ1v) is 12.0. The van der Waals surface area contributed by atoms with E-state index in [-0.39, 0.29) is 25.1 Å². The lowest BCUT2D eigenvalue weighted by atomic mass is 10.0. The Morgan fingerprint density at radius 3 is 2.71 bits per heavy atom. The molecule has 1 atom stereocenters. The Morgan fingerprint density at radius 1 is 1.24 bits per heavy atom. The van der Waals surface area contributed by atoms with E-state index in [1.54, 1.807) is 32.2 Å². The largest absolute Gasteiger partial charge is 0.497 e. The second-order valence-corrected chi connectivity index (χ2v) is 9.51. The van der Waals surface area contributed by atoms with Gasteiger partial charge in [-0.25, -0.2) is 13.2 Å². The van der Waals surface area contributed by atoms with Crippen LogP contribution in [0.25, 0.3) is 10.9 Å². The third-order valence-electron chi connectivity index (χ3n) is 5.66. The van der Waals surface area contributed by atoms with Gasteiger partial charge in [0.15, 0.2) is 4.90 Å². The van der Waals surface area contributed by atoms with Gasteiger partial charge in [0.25, 0.3) is 15.7 Å². The molecule has 178 valence electrons. The summed E-state index contributed by atoms with van der Waals surface area (Å²) in [5.41, 5.74) is 0.982. The zero-order valence-corrected chi connectivity index (χ0v) is 19.4. The Balaban J connectivity index is 1.83. The lowest BCUT2D eigenvalue weighted by Gasteiger charge is -2.33. The molecule has 0 amide bonds. The fourth-order valence-corrected chi connectivity index (χ4v) is 5.76. The fraction of sp³-hybridized carbons (Fsp3) is 0.261. The molecule has 10 nitrogen and oxygen atoms in total. The second-order valence-electron chi connectivity index (χ2n) is 7.65. The highest BCUT2D eigenvalue weighted by Crippen LogP contribution is 2.38. The van der Waals surface area contributed by atoms with E-state index in [9.17, 15) is 23.3 Å². The molecule has 2 aromatic carbocycles. The summed E-state index contributed by atoms with van der Waals surface area (Å²) in [6, 6.07) is 11.7. The van der Waals surface area contributed by atoms with Crippen LogP contribution >= 0.6 is 0 Å². The summed E-state index contributed by atoms with van der Waals surface area (Å²) in [6.45, 7) is 1.52. The lowest BCUT2D eigenvalue weighted by molar-refractivity contribution is -0.387. The van der Waals surface area contributed by atoms with Crippen molar-refractivity contribution in [2.75, 3.05) is 20.3 Å². The molecule has 34 heavy (non-hydrogen) atoms. The molecule has 11 heteroatoms. The molecule has 1 aliphatic heterocycles. The number of nitrogens with one attached hydrogen (secondary N) is 1. The number of methoxy groups -OCH3 is 1. The van der Waals surface area contributed by atoms with Crippen LogP contribution in [0.15, 0.2) is 65.1 Å². The predicted octanol–water partition coefficient (Wildman–Crippen LogP) is 3.71. The van der Waals surface area contributed by atoms with Crippen molar-refractivity contribution in [2.45, 2.75) is 24.3 Å². The third kappa shape index (κ3) is 4.27. The topological polar surface area (TPSA) is 132 Å². The number of nitro groups is 1. The van der Waals surface area contributed by atoms with Gasteiger partial charge >= 0.3 is 5.97 Å². The van der Waals surface area contributed by atoms with Gasteiger partial charge in [-0.05, 0) is 43.0 Å². The summed E-state index contributed by atoms with van der Waals surface area (Å²) in [5.74, 6) is 0.0171. The number of aromatic nitrogens is 1. The predicted molar refractivity (Wildman–Crippen MR) is 124 cm³/mol. The number of benzene rings is 2. The summed E-state index contributed by atoms with van der Waals surface area (Å²) in [6.07, 6.45) is 1.83. The van der Waals surface area contributed by atoms with Gasteiger partial charge in [-0.2, -0.15) is 4.31 Å². The summed E-state index contributed by atoms with van der Waals surface area (Å²) < 4.78 is 38.9. The minimum absolute atomic E-state index is 0.139. The average Bonchev–Trinajstić information content (AvgIpc) is 3.27. The number of nitrogens with zero attached hydrogens (tertiary/aromatic N) is 2. The van der Waals surface area contributed by atoms with Gasteiger partial charge in [-0.15, -0.1) is 0 Å². The summed E-state index contributed by atoms with van der Waals surface area (Å²) in [4.78, 5) is 26.0. The van der Waals surface area contributed by atoms with Crippen LogP contribution in [0.4, 0.5) is 5.69 Å². The molecule has 0 saturated heterocycles. The number of H-pyrrole nitrogens is 1. The smallest absolute Gasteiger partial charge is 0.335 e. The van der Waals surface area contributed by atoms with Crippen LogP contribution in [0.3, 0.4) is 0 Å².